The number of pyridine rings is 1. The van der Waals surface area contributed by atoms with Gasteiger partial charge in [-0.05, 0) is 18.6 Å². The van der Waals surface area contributed by atoms with Crippen LogP contribution in [-0.4, -0.2) is 53.2 Å². The fourth-order valence-electron chi connectivity index (χ4n) is 2.04. The molecule has 2 amide bonds. The van der Waals surface area contributed by atoms with Crippen molar-refractivity contribution in [2.75, 3.05) is 26.2 Å². The summed E-state index contributed by atoms with van der Waals surface area (Å²) in [5.41, 5.74) is 0. The lowest BCUT2D eigenvalue weighted by molar-refractivity contribution is -0.141. The Balaban J connectivity index is 1.68. The second kappa shape index (κ2) is 7.12. The van der Waals surface area contributed by atoms with E-state index in [1.165, 1.54) is 4.90 Å². The van der Waals surface area contributed by atoms with Crippen molar-refractivity contribution in [2.24, 2.45) is 5.92 Å². The van der Waals surface area contributed by atoms with Crippen molar-refractivity contribution in [3.05, 3.63) is 23.4 Å². The van der Waals surface area contributed by atoms with Crippen LogP contribution in [0.25, 0.3) is 0 Å². The summed E-state index contributed by atoms with van der Waals surface area (Å²) in [6, 6.07) is 3.08. The molecular weight excluding hydrogens is 298 g/mol. The van der Waals surface area contributed by atoms with Crippen molar-refractivity contribution < 1.29 is 19.4 Å². The van der Waals surface area contributed by atoms with E-state index in [0.717, 1.165) is 0 Å². The Kier molecular flexibility index (Phi) is 5.21. The van der Waals surface area contributed by atoms with Crippen LogP contribution in [0.3, 0.4) is 0 Å². The number of nitrogens with zero attached hydrogens (tertiary/aromatic N) is 2. The maximum atomic E-state index is 11.8. The summed E-state index contributed by atoms with van der Waals surface area (Å²) < 4.78 is 5.34. The third kappa shape index (κ3) is 4.22. The van der Waals surface area contributed by atoms with Gasteiger partial charge in [0.2, 0.25) is 5.88 Å². The number of rotatable bonds is 5. The van der Waals surface area contributed by atoms with Gasteiger partial charge in [0.15, 0.2) is 0 Å². The Bertz CT molecular complexity index is 526. The number of hydrogen-bond donors (Lipinski definition) is 2. The summed E-state index contributed by atoms with van der Waals surface area (Å²) >= 11 is 5.88. The topological polar surface area (TPSA) is 91.8 Å². The number of ether oxygens (including phenoxy) is 1. The lowest BCUT2D eigenvalue weighted by atomic mass is 10.1. The van der Waals surface area contributed by atoms with E-state index >= 15 is 0 Å². The van der Waals surface area contributed by atoms with E-state index in [1.807, 2.05) is 0 Å². The number of carboxylic acid groups (broad SMARTS) is 1. The maximum absolute atomic E-state index is 11.8. The van der Waals surface area contributed by atoms with Crippen molar-refractivity contribution in [1.82, 2.24) is 15.2 Å². The highest BCUT2D eigenvalue weighted by molar-refractivity contribution is 6.31. The number of halogens is 1. The highest BCUT2D eigenvalue weighted by atomic mass is 35.5. The highest BCUT2D eigenvalue weighted by Gasteiger charge is 2.30. The molecule has 0 aromatic carbocycles. The van der Waals surface area contributed by atoms with Crippen LogP contribution in [-0.2, 0) is 4.79 Å². The van der Waals surface area contributed by atoms with Crippen LogP contribution in [0.1, 0.15) is 6.42 Å². The summed E-state index contributed by atoms with van der Waals surface area (Å²) in [4.78, 5) is 28.1. The third-order valence-electron chi connectivity index (χ3n) is 3.17. The average Bonchev–Trinajstić information content (AvgIpc) is 2.95. The molecule has 8 heteroatoms. The van der Waals surface area contributed by atoms with E-state index in [9.17, 15) is 9.59 Å². The van der Waals surface area contributed by atoms with Crippen molar-refractivity contribution in [3.8, 4) is 5.88 Å². The number of carboxylic acids is 1. The molecule has 1 saturated heterocycles. The number of carbonyl (C=O) groups excluding carboxylic acids is 1. The second-order valence-electron chi connectivity index (χ2n) is 4.64. The molecule has 1 aliphatic rings. The summed E-state index contributed by atoms with van der Waals surface area (Å²) in [6.45, 7) is 1.22. The SMILES string of the molecule is O=C(O)C1CCN(C(=O)NCCOc2ncccc2Cl)C1. The van der Waals surface area contributed by atoms with Crippen molar-refractivity contribution in [3.63, 3.8) is 0 Å². The number of nitrogens with one attached hydrogen (secondary N) is 1. The normalized spacial score (nSPS) is 17.6. The Labute approximate surface area is 126 Å². The van der Waals surface area contributed by atoms with Gasteiger partial charge in [-0.15, -0.1) is 0 Å². The van der Waals surface area contributed by atoms with Gasteiger partial charge in [-0.3, -0.25) is 4.79 Å². The molecule has 0 bridgehead atoms. The number of amides is 2. The number of carbonyl (C=O) groups is 2. The van der Waals surface area contributed by atoms with Gasteiger partial charge in [0, 0.05) is 19.3 Å². The zero-order valence-electron chi connectivity index (χ0n) is 11.3. The summed E-state index contributed by atoms with van der Waals surface area (Å²) in [6.07, 6.45) is 2.05. The molecule has 1 aromatic heterocycles. The molecule has 1 unspecified atom stereocenters. The lowest BCUT2D eigenvalue weighted by Gasteiger charge is -2.16. The minimum atomic E-state index is -0.863. The van der Waals surface area contributed by atoms with E-state index < -0.39 is 11.9 Å². The molecule has 2 rings (SSSR count). The van der Waals surface area contributed by atoms with E-state index in [0.29, 0.717) is 30.4 Å². The lowest BCUT2D eigenvalue weighted by Crippen LogP contribution is -2.40. The first-order valence-electron chi connectivity index (χ1n) is 6.57. The van der Waals surface area contributed by atoms with Crippen LogP contribution in [0, 0.1) is 5.92 Å². The Morgan fingerprint density at radius 3 is 3.05 bits per heavy atom. The second-order valence-corrected chi connectivity index (χ2v) is 5.05. The van der Waals surface area contributed by atoms with Gasteiger partial charge in [-0.2, -0.15) is 0 Å². The minimum absolute atomic E-state index is 0.235. The number of urea groups is 1. The van der Waals surface area contributed by atoms with Crippen LogP contribution in [0.5, 0.6) is 5.88 Å². The number of aromatic nitrogens is 1. The van der Waals surface area contributed by atoms with Gasteiger partial charge in [0.25, 0.3) is 0 Å². The number of aliphatic carboxylic acids is 1. The molecule has 1 fully saturated rings. The fourth-order valence-corrected chi connectivity index (χ4v) is 2.22. The molecule has 1 atom stereocenters. The predicted octanol–water partition coefficient (Wildman–Crippen LogP) is 1.23. The number of hydrogen-bond acceptors (Lipinski definition) is 4. The van der Waals surface area contributed by atoms with Crippen LogP contribution < -0.4 is 10.1 Å². The highest BCUT2D eigenvalue weighted by Crippen LogP contribution is 2.19. The van der Waals surface area contributed by atoms with Crippen LogP contribution in [0.4, 0.5) is 4.79 Å². The molecule has 2 heterocycles. The zero-order chi connectivity index (χ0) is 15.2. The first kappa shape index (κ1) is 15.4. The number of likely N-dealkylation sites (tertiary alicyclic amines) is 1. The molecule has 21 heavy (non-hydrogen) atoms. The molecule has 2 N–H and O–H groups in total. The van der Waals surface area contributed by atoms with Crippen molar-refractivity contribution in [1.29, 1.82) is 0 Å². The largest absolute Gasteiger partial charge is 0.481 e. The summed E-state index contributed by atoms with van der Waals surface area (Å²) in [7, 11) is 0. The van der Waals surface area contributed by atoms with Crippen LogP contribution in [0.2, 0.25) is 5.02 Å². The standard InChI is InChI=1S/C13H16ClN3O4/c14-10-2-1-4-15-11(10)21-7-5-16-13(20)17-6-3-9(8-17)12(18)19/h1-2,4,9H,3,5-8H2,(H,16,20)(H,18,19). The molecule has 114 valence electrons. The molecule has 0 spiro atoms. The smallest absolute Gasteiger partial charge is 0.317 e. The van der Waals surface area contributed by atoms with E-state index in [4.69, 9.17) is 21.4 Å². The molecule has 0 saturated carbocycles. The quantitative estimate of drug-likeness (QED) is 0.798. The van der Waals surface area contributed by atoms with Gasteiger partial charge >= 0.3 is 12.0 Å². The fraction of sp³-hybridized carbons (Fsp3) is 0.462. The molecule has 7 nitrogen and oxygen atoms in total. The van der Waals surface area contributed by atoms with Gasteiger partial charge < -0.3 is 20.1 Å². The summed E-state index contributed by atoms with van der Waals surface area (Å²) in [5.74, 6) is -1.02. The zero-order valence-corrected chi connectivity index (χ0v) is 12.0. The van der Waals surface area contributed by atoms with Gasteiger partial charge in [0.1, 0.15) is 11.6 Å². The monoisotopic (exact) mass is 313 g/mol. The average molecular weight is 314 g/mol. The molecule has 0 radical (unpaired) electrons. The Hall–Kier alpha value is -2.02. The predicted molar refractivity (Wildman–Crippen MR) is 75.5 cm³/mol. The molecule has 1 aliphatic heterocycles. The third-order valence-corrected chi connectivity index (χ3v) is 3.45. The molecule has 0 aliphatic carbocycles. The summed E-state index contributed by atoms with van der Waals surface area (Å²) in [5, 5.41) is 12.0. The Morgan fingerprint density at radius 2 is 2.38 bits per heavy atom. The maximum Gasteiger partial charge on any atom is 0.317 e. The van der Waals surface area contributed by atoms with Gasteiger partial charge in [0.05, 0.1) is 12.5 Å². The van der Waals surface area contributed by atoms with Crippen molar-refractivity contribution in [2.45, 2.75) is 6.42 Å². The molecule has 1 aromatic rings. The van der Waals surface area contributed by atoms with E-state index in [2.05, 4.69) is 10.3 Å². The molecular formula is C13H16ClN3O4. The van der Waals surface area contributed by atoms with Crippen LogP contribution >= 0.6 is 11.6 Å². The van der Waals surface area contributed by atoms with Crippen LogP contribution in [0.15, 0.2) is 18.3 Å². The Morgan fingerprint density at radius 1 is 1.57 bits per heavy atom. The van der Waals surface area contributed by atoms with E-state index in [-0.39, 0.29) is 19.2 Å². The van der Waals surface area contributed by atoms with Gasteiger partial charge in [-0.25, -0.2) is 9.78 Å². The first-order valence-corrected chi connectivity index (χ1v) is 6.94. The first-order chi connectivity index (χ1) is 10.1. The van der Waals surface area contributed by atoms with Gasteiger partial charge in [-0.1, -0.05) is 11.6 Å². The van der Waals surface area contributed by atoms with Crippen molar-refractivity contribution >= 4 is 23.6 Å². The minimum Gasteiger partial charge on any atom is -0.481 e. The van der Waals surface area contributed by atoms with E-state index in [1.54, 1.807) is 18.3 Å².